The van der Waals surface area contributed by atoms with Crippen molar-refractivity contribution < 1.29 is 0 Å². The molecular formula is C14H26ClN3. The van der Waals surface area contributed by atoms with E-state index in [0.29, 0.717) is 5.41 Å². The van der Waals surface area contributed by atoms with Gasteiger partial charge in [-0.05, 0) is 38.2 Å². The molecule has 0 aliphatic carbocycles. The Balaban J connectivity index is 2.40. The highest BCUT2D eigenvalue weighted by atomic mass is 35.5. The van der Waals surface area contributed by atoms with Gasteiger partial charge in [0.05, 0.1) is 11.4 Å². The molecule has 104 valence electrons. The van der Waals surface area contributed by atoms with Gasteiger partial charge in [-0.25, -0.2) is 0 Å². The van der Waals surface area contributed by atoms with Gasteiger partial charge < -0.3 is 5.32 Å². The molecule has 1 N–H and O–H groups in total. The molecule has 0 aliphatic heterocycles. The van der Waals surface area contributed by atoms with Crippen molar-refractivity contribution in [2.75, 3.05) is 12.4 Å². The van der Waals surface area contributed by atoms with Gasteiger partial charge in [-0.3, -0.25) is 4.68 Å². The van der Waals surface area contributed by atoms with Gasteiger partial charge in [-0.15, -0.1) is 11.6 Å². The first-order valence-corrected chi connectivity index (χ1v) is 7.32. The zero-order valence-corrected chi connectivity index (χ0v) is 12.8. The Hall–Kier alpha value is -0.540. The van der Waals surface area contributed by atoms with Gasteiger partial charge in [0.15, 0.2) is 0 Å². The Bertz CT molecular complexity index is 358. The average molecular weight is 272 g/mol. The number of rotatable bonds is 8. The van der Waals surface area contributed by atoms with Gasteiger partial charge in [0.25, 0.3) is 0 Å². The Morgan fingerprint density at radius 3 is 2.78 bits per heavy atom. The van der Waals surface area contributed by atoms with Crippen molar-refractivity contribution in [1.29, 1.82) is 0 Å². The fraction of sp³-hybridized carbons (Fsp3) is 0.786. The van der Waals surface area contributed by atoms with E-state index in [9.17, 15) is 0 Å². The zero-order valence-electron chi connectivity index (χ0n) is 12.1. The van der Waals surface area contributed by atoms with Crippen LogP contribution in [0.15, 0.2) is 6.07 Å². The smallest absolute Gasteiger partial charge is 0.0597 e. The number of hydrogen-bond acceptors (Lipinski definition) is 2. The molecular weight excluding hydrogens is 246 g/mol. The van der Waals surface area contributed by atoms with Crippen LogP contribution in [0.25, 0.3) is 0 Å². The summed E-state index contributed by atoms with van der Waals surface area (Å²) in [4.78, 5) is 0. The number of alkyl halides is 1. The monoisotopic (exact) mass is 271 g/mol. The lowest BCUT2D eigenvalue weighted by Gasteiger charge is -2.24. The molecule has 1 heterocycles. The molecule has 0 amide bonds. The molecule has 0 atom stereocenters. The van der Waals surface area contributed by atoms with E-state index in [1.807, 2.05) is 6.92 Å². The predicted octanol–water partition coefficient (Wildman–Crippen LogP) is 3.35. The molecule has 0 spiro atoms. The highest BCUT2D eigenvalue weighted by molar-refractivity contribution is 6.17. The normalized spacial score (nSPS) is 12.1. The first-order valence-electron chi connectivity index (χ1n) is 6.78. The zero-order chi connectivity index (χ0) is 13.6. The molecule has 3 nitrogen and oxygen atoms in total. The standard InChI is InChI=1S/C14H26ClN3/c1-5-18-13(9-12(2)17-18)10-16-11-14(3,4)7-6-8-15/h9,16H,5-8,10-11H2,1-4H3. The molecule has 1 rings (SSSR count). The van der Waals surface area contributed by atoms with Crippen molar-refractivity contribution in [1.82, 2.24) is 15.1 Å². The summed E-state index contributed by atoms with van der Waals surface area (Å²) >= 11 is 5.75. The second kappa shape index (κ2) is 7.15. The van der Waals surface area contributed by atoms with Crippen LogP contribution in [-0.2, 0) is 13.1 Å². The number of nitrogens with one attached hydrogen (secondary N) is 1. The SMILES string of the molecule is CCn1nc(C)cc1CNCC(C)(C)CCCCl. The molecule has 0 unspecified atom stereocenters. The maximum atomic E-state index is 5.75. The van der Waals surface area contributed by atoms with Gasteiger partial charge in [-0.2, -0.15) is 5.10 Å². The molecule has 0 aliphatic rings. The fourth-order valence-corrected chi connectivity index (χ4v) is 2.31. The van der Waals surface area contributed by atoms with Gasteiger partial charge in [0.2, 0.25) is 0 Å². The minimum atomic E-state index is 0.307. The van der Waals surface area contributed by atoms with Crippen LogP contribution < -0.4 is 5.32 Å². The van der Waals surface area contributed by atoms with Crippen molar-refractivity contribution in [2.45, 2.75) is 53.6 Å². The molecule has 4 heteroatoms. The van der Waals surface area contributed by atoms with Crippen molar-refractivity contribution in [3.8, 4) is 0 Å². The molecule has 0 radical (unpaired) electrons. The number of nitrogens with zero attached hydrogens (tertiary/aromatic N) is 2. The minimum absolute atomic E-state index is 0.307. The van der Waals surface area contributed by atoms with E-state index in [-0.39, 0.29) is 0 Å². The molecule has 0 saturated heterocycles. The molecule has 0 bridgehead atoms. The molecule has 0 fully saturated rings. The van der Waals surface area contributed by atoms with Gasteiger partial charge in [0, 0.05) is 25.5 Å². The number of aryl methyl sites for hydroxylation is 2. The predicted molar refractivity (Wildman–Crippen MR) is 78.1 cm³/mol. The largest absolute Gasteiger partial charge is 0.311 e. The van der Waals surface area contributed by atoms with Crippen LogP contribution in [0.2, 0.25) is 0 Å². The molecule has 18 heavy (non-hydrogen) atoms. The fourth-order valence-electron chi connectivity index (χ4n) is 2.18. The van der Waals surface area contributed by atoms with Gasteiger partial charge in [0.1, 0.15) is 0 Å². The second-order valence-corrected chi connectivity index (χ2v) is 6.03. The van der Waals surface area contributed by atoms with Crippen molar-refractivity contribution in [3.05, 3.63) is 17.5 Å². The van der Waals surface area contributed by atoms with Crippen LogP contribution in [-0.4, -0.2) is 22.2 Å². The lowest BCUT2D eigenvalue weighted by atomic mass is 9.88. The van der Waals surface area contributed by atoms with Gasteiger partial charge >= 0.3 is 0 Å². The van der Waals surface area contributed by atoms with E-state index in [1.54, 1.807) is 0 Å². The number of halogens is 1. The van der Waals surface area contributed by atoms with Crippen LogP contribution in [0, 0.1) is 12.3 Å². The van der Waals surface area contributed by atoms with E-state index in [1.165, 1.54) is 5.69 Å². The summed E-state index contributed by atoms with van der Waals surface area (Å²) in [5.74, 6) is 0.755. The van der Waals surface area contributed by atoms with E-state index in [0.717, 1.165) is 44.0 Å². The quantitative estimate of drug-likeness (QED) is 0.735. The van der Waals surface area contributed by atoms with E-state index >= 15 is 0 Å². The summed E-state index contributed by atoms with van der Waals surface area (Å²) in [6.45, 7) is 11.6. The van der Waals surface area contributed by atoms with Crippen LogP contribution in [0.5, 0.6) is 0 Å². The summed E-state index contributed by atoms with van der Waals surface area (Å²) in [5.41, 5.74) is 2.67. The lowest BCUT2D eigenvalue weighted by molar-refractivity contribution is 0.309. The maximum absolute atomic E-state index is 5.75. The summed E-state index contributed by atoms with van der Waals surface area (Å²) < 4.78 is 2.06. The summed E-state index contributed by atoms with van der Waals surface area (Å²) in [7, 11) is 0. The Kier molecular flexibility index (Phi) is 6.16. The van der Waals surface area contributed by atoms with Crippen molar-refractivity contribution in [2.24, 2.45) is 5.41 Å². The topological polar surface area (TPSA) is 29.9 Å². The second-order valence-electron chi connectivity index (χ2n) is 5.65. The van der Waals surface area contributed by atoms with Crippen LogP contribution in [0.4, 0.5) is 0 Å². The number of hydrogen-bond donors (Lipinski definition) is 1. The minimum Gasteiger partial charge on any atom is -0.311 e. The highest BCUT2D eigenvalue weighted by Gasteiger charge is 2.16. The van der Waals surface area contributed by atoms with Crippen LogP contribution in [0.1, 0.15) is 45.0 Å². The summed E-state index contributed by atoms with van der Waals surface area (Å²) in [5, 5.41) is 7.99. The Morgan fingerprint density at radius 2 is 2.17 bits per heavy atom. The first kappa shape index (κ1) is 15.5. The number of aromatic nitrogens is 2. The molecule has 0 saturated carbocycles. The molecule has 1 aromatic heterocycles. The van der Waals surface area contributed by atoms with Crippen molar-refractivity contribution >= 4 is 11.6 Å². The van der Waals surface area contributed by atoms with Crippen molar-refractivity contribution in [3.63, 3.8) is 0 Å². The van der Waals surface area contributed by atoms with E-state index in [4.69, 9.17) is 11.6 Å². The average Bonchev–Trinajstić information content (AvgIpc) is 2.67. The van der Waals surface area contributed by atoms with Crippen LogP contribution >= 0.6 is 11.6 Å². The third-order valence-corrected chi connectivity index (χ3v) is 3.45. The molecule has 0 aromatic carbocycles. The first-order chi connectivity index (χ1) is 8.48. The summed E-state index contributed by atoms with van der Waals surface area (Å²) in [6, 6.07) is 2.16. The van der Waals surface area contributed by atoms with E-state index in [2.05, 4.69) is 41.9 Å². The highest BCUT2D eigenvalue weighted by Crippen LogP contribution is 2.21. The Labute approximate surface area is 116 Å². The maximum Gasteiger partial charge on any atom is 0.0597 e. The summed E-state index contributed by atoms with van der Waals surface area (Å²) in [6.07, 6.45) is 2.25. The van der Waals surface area contributed by atoms with E-state index < -0.39 is 0 Å². The molecule has 1 aromatic rings. The van der Waals surface area contributed by atoms with Gasteiger partial charge in [-0.1, -0.05) is 13.8 Å². The third-order valence-electron chi connectivity index (χ3n) is 3.18. The Morgan fingerprint density at radius 1 is 1.44 bits per heavy atom. The lowest BCUT2D eigenvalue weighted by Crippen LogP contribution is -2.29. The van der Waals surface area contributed by atoms with Crippen LogP contribution in [0.3, 0.4) is 0 Å². The third kappa shape index (κ3) is 4.99.